The van der Waals surface area contributed by atoms with Crippen molar-refractivity contribution in [3.8, 4) is 5.75 Å². The van der Waals surface area contributed by atoms with Gasteiger partial charge in [0.2, 0.25) is 11.0 Å². The van der Waals surface area contributed by atoms with E-state index in [1.54, 1.807) is 6.92 Å². The summed E-state index contributed by atoms with van der Waals surface area (Å²) in [6.07, 6.45) is 0. The Kier molecular flexibility index (Phi) is 5.41. The first kappa shape index (κ1) is 19.2. The smallest absolute Gasteiger partial charge is 0.239 e. The van der Waals surface area contributed by atoms with E-state index in [1.165, 1.54) is 22.0 Å². The molecule has 27 heavy (non-hydrogen) atoms. The Morgan fingerprint density at radius 1 is 1.22 bits per heavy atom. The molecule has 3 rings (SSSR count). The zero-order valence-electron chi connectivity index (χ0n) is 16.1. The number of rotatable bonds is 6. The summed E-state index contributed by atoms with van der Waals surface area (Å²) < 4.78 is 12.4. The van der Waals surface area contributed by atoms with Crippen LogP contribution in [-0.2, 0) is 12.0 Å². The second-order valence-corrected chi connectivity index (χ2v) is 8.58. The average Bonchev–Trinajstić information content (AvgIpc) is 3.19. The van der Waals surface area contributed by atoms with Crippen LogP contribution in [0.25, 0.3) is 0 Å². The van der Waals surface area contributed by atoms with E-state index in [0.29, 0.717) is 22.7 Å². The molecule has 0 bridgehead atoms. The highest BCUT2D eigenvalue weighted by Crippen LogP contribution is 2.32. The van der Waals surface area contributed by atoms with Crippen molar-refractivity contribution in [3.05, 3.63) is 47.4 Å². The van der Waals surface area contributed by atoms with Crippen molar-refractivity contribution in [1.82, 2.24) is 25.0 Å². The molecular weight excluding hydrogens is 364 g/mol. The van der Waals surface area contributed by atoms with Gasteiger partial charge in [-0.15, -0.1) is 10.2 Å². The van der Waals surface area contributed by atoms with Crippen LogP contribution in [0, 0.1) is 6.92 Å². The lowest BCUT2D eigenvalue weighted by Gasteiger charge is -2.19. The maximum Gasteiger partial charge on any atom is 0.239 e. The molecule has 3 aromatic rings. The molecule has 0 radical (unpaired) electrons. The third kappa shape index (κ3) is 4.60. The quantitative estimate of drug-likeness (QED) is 0.506. The fourth-order valence-corrected chi connectivity index (χ4v) is 3.19. The molecule has 1 atom stereocenters. The van der Waals surface area contributed by atoms with E-state index >= 15 is 0 Å². The van der Waals surface area contributed by atoms with E-state index in [4.69, 9.17) is 15.1 Å². The Morgan fingerprint density at radius 3 is 2.52 bits per heavy atom. The first-order valence-electron chi connectivity index (χ1n) is 8.63. The van der Waals surface area contributed by atoms with Gasteiger partial charge in [0.15, 0.2) is 11.6 Å². The molecule has 1 unspecified atom stereocenters. The van der Waals surface area contributed by atoms with Crippen LogP contribution in [0.3, 0.4) is 0 Å². The number of thioether (sulfide) groups is 1. The molecule has 0 aliphatic heterocycles. The Hall–Kier alpha value is -2.55. The number of hydrogen-bond donors (Lipinski definition) is 1. The Labute approximate surface area is 162 Å². The molecule has 0 saturated heterocycles. The van der Waals surface area contributed by atoms with E-state index < -0.39 is 0 Å². The summed E-state index contributed by atoms with van der Waals surface area (Å²) in [5.74, 6) is 8.52. The second kappa shape index (κ2) is 7.59. The SMILES string of the molecule is Cc1noc(C(C)Sc2nnc(COc3ccc(C(C)(C)C)cc3)n2N)n1. The number of aryl methyl sites for hydroxylation is 1. The predicted octanol–water partition coefficient (Wildman–Crippen LogP) is 3.41. The lowest BCUT2D eigenvalue weighted by Crippen LogP contribution is -2.16. The van der Waals surface area contributed by atoms with Gasteiger partial charge in [-0.3, -0.25) is 0 Å². The molecule has 8 nitrogen and oxygen atoms in total. The molecule has 0 aliphatic rings. The molecule has 2 aromatic heterocycles. The van der Waals surface area contributed by atoms with Gasteiger partial charge >= 0.3 is 0 Å². The largest absolute Gasteiger partial charge is 0.486 e. The Balaban J connectivity index is 1.62. The molecule has 9 heteroatoms. The molecule has 0 spiro atoms. The van der Waals surface area contributed by atoms with Gasteiger partial charge in [0.05, 0.1) is 5.25 Å². The van der Waals surface area contributed by atoms with Crippen molar-refractivity contribution < 1.29 is 9.26 Å². The molecule has 144 valence electrons. The molecule has 0 aliphatic carbocycles. The number of nitrogens with zero attached hydrogens (tertiary/aromatic N) is 5. The van der Waals surface area contributed by atoms with Gasteiger partial charge in [-0.05, 0) is 37.0 Å². The third-order valence-corrected chi connectivity index (χ3v) is 5.04. The number of nitrogen functional groups attached to an aromatic ring is 1. The molecule has 0 amide bonds. The summed E-state index contributed by atoms with van der Waals surface area (Å²) in [5.41, 5.74) is 1.36. The lowest BCUT2D eigenvalue weighted by atomic mass is 9.87. The van der Waals surface area contributed by atoms with Gasteiger partial charge in [-0.1, -0.05) is 49.8 Å². The first-order chi connectivity index (χ1) is 12.7. The van der Waals surface area contributed by atoms with Crippen LogP contribution in [0.5, 0.6) is 5.75 Å². The van der Waals surface area contributed by atoms with Crippen LogP contribution in [0.15, 0.2) is 33.9 Å². The summed E-state index contributed by atoms with van der Waals surface area (Å²) in [7, 11) is 0. The van der Waals surface area contributed by atoms with Crippen LogP contribution in [-0.4, -0.2) is 25.0 Å². The zero-order valence-corrected chi connectivity index (χ0v) is 16.9. The fourth-order valence-electron chi connectivity index (χ4n) is 2.37. The first-order valence-corrected chi connectivity index (χ1v) is 9.51. The number of aromatic nitrogens is 5. The van der Waals surface area contributed by atoms with Crippen molar-refractivity contribution in [3.63, 3.8) is 0 Å². The average molecular weight is 388 g/mol. The maximum atomic E-state index is 6.10. The van der Waals surface area contributed by atoms with E-state index in [2.05, 4.69) is 53.2 Å². The van der Waals surface area contributed by atoms with Gasteiger partial charge in [0, 0.05) is 0 Å². The minimum Gasteiger partial charge on any atom is -0.486 e. The fraction of sp³-hybridized carbons (Fsp3) is 0.444. The van der Waals surface area contributed by atoms with Gasteiger partial charge < -0.3 is 15.1 Å². The standard InChI is InChI=1S/C18H24N6O2S/c1-11(16-20-12(2)23-26-16)27-17-22-21-15(24(17)19)10-25-14-8-6-13(7-9-14)18(3,4)5/h6-9,11H,10,19H2,1-5H3. The van der Waals surface area contributed by atoms with Crippen LogP contribution >= 0.6 is 11.8 Å². The number of benzene rings is 1. The van der Waals surface area contributed by atoms with Crippen LogP contribution < -0.4 is 10.6 Å². The minimum absolute atomic E-state index is 0.0867. The van der Waals surface area contributed by atoms with Gasteiger partial charge in [0.25, 0.3) is 0 Å². The molecule has 2 heterocycles. The van der Waals surface area contributed by atoms with Crippen LogP contribution in [0.1, 0.15) is 56.0 Å². The second-order valence-electron chi connectivity index (χ2n) is 7.27. The summed E-state index contributed by atoms with van der Waals surface area (Å²) in [6.45, 7) is 10.5. The molecular formula is C18H24N6O2S. The summed E-state index contributed by atoms with van der Waals surface area (Å²) in [5, 5.41) is 12.5. The zero-order chi connectivity index (χ0) is 19.6. The van der Waals surface area contributed by atoms with Crippen molar-refractivity contribution in [2.24, 2.45) is 0 Å². The van der Waals surface area contributed by atoms with E-state index in [0.717, 1.165) is 5.75 Å². The van der Waals surface area contributed by atoms with Crippen molar-refractivity contribution in [2.45, 2.75) is 57.0 Å². The minimum atomic E-state index is -0.0867. The van der Waals surface area contributed by atoms with Crippen molar-refractivity contribution in [2.75, 3.05) is 5.84 Å². The van der Waals surface area contributed by atoms with Crippen LogP contribution in [0.2, 0.25) is 0 Å². The van der Waals surface area contributed by atoms with E-state index in [1.807, 2.05) is 19.1 Å². The maximum absolute atomic E-state index is 6.10. The highest BCUT2D eigenvalue weighted by molar-refractivity contribution is 7.99. The highest BCUT2D eigenvalue weighted by Gasteiger charge is 2.19. The monoisotopic (exact) mass is 388 g/mol. The number of nitrogens with two attached hydrogens (primary N) is 1. The number of hydrogen-bond acceptors (Lipinski definition) is 8. The third-order valence-electron chi connectivity index (χ3n) is 4.00. The van der Waals surface area contributed by atoms with E-state index in [9.17, 15) is 0 Å². The van der Waals surface area contributed by atoms with E-state index in [-0.39, 0.29) is 17.3 Å². The Morgan fingerprint density at radius 2 is 1.93 bits per heavy atom. The summed E-state index contributed by atoms with van der Waals surface area (Å²) >= 11 is 1.40. The van der Waals surface area contributed by atoms with Crippen LogP contribution in [0.4, 0.5) is 0 Å². The normalized spacial score (nSPS) is 12.9. The topological polar surface area (TPSA) is 105 Å². The predicted molar refractivity (Wildman–Crippen MR) is 103 cm³/mol. The van der Waals surface area contributed by atoms with Gasteiger partial charge in [-0.25, -0.2) is 4.68 Å². The Bertz CT molecular complexity index is 897. The number of ether oxygens (including phenoxy) is 1. The molecule has 1 aromatic carbocycles. The molecule has 2 N–H and O–H groups in total. The van der Waals surface area contributed by atoms with Crippen molar-refractivity contribution >= 4 is 11.8 Å². The van der Waals surface area contributed by atoms with Gasteiger partial charge in [0.1, 0.15) is 12.4 Å². The molecule has 0 saturated carbocycles. The molecule has 0 fully saturated rings. The van der Waals surface area contributed by atoms with Crippen molar-refractivity contribution in [1.29, 1.82) is 0 Å². The lowest BCUT2D eigenvalue weighted by molar-refractivity contribution is 0.291. The summed E-state index contributed by atoms with van der Waals surface area (Å²) in [6, 6.07) is 8.04. The summed E-state index contributed by atoms with van der Waals surface area (Å²) in [4.78, 5) is 4.22. The highest BCUT2D eigenvalue weighted by atomic mass is 32.2. The van der Waals surface area contributed by atoms with Gasteiger partial charge in [-0.2, -0.15) is 4.98 Å².